The fourth-order valence-corrected chi connectivity index (χ4v) is 3.39. The summed E-state index contributed by atoms with van der Waals surface area (Å²) in [5.74, 6) is -0.0575. The standard InChI is InChI=1S/C17H20ClN3O3/c1-20-13-10-21(8-5-9-24-2)16(22)14(13)15(19-17(20)23)11-6-3-4-7-12(11)18/h3-4,6-7,15H,5,8-10H2,1-2H3,(H,19,23)/t15-/m0/s1. The number of hydrogen-bond acceptors (Lipinski definition) is 3. The highest BCUT2D eigenvalue weighted by Gasteiger charge is 2.43. The van der Waals surface area contributed by atoms with Gasteiger partial charge in [-0.1, -0.05) is 29.8 Å². The van der Waals surface area contributed by atoms with Crippen LogP contribution in [0.1, 0.15) is 18.0 Å². The zero-order chi connectivity index (χ0) is 17.3. The topological polar surface area (TPSA) is 61.9 Å². The number of nitrogens with zero attached hydrogens (tertiary/aromatic N) is 2. The van der Waals surface area contributed by atoms with Crippen molar-refractivity contribution < 1.29 is 14.3 Å². The molecule has 1 N–H and O–H groups in total. The van der Waals surface area contributed by atoms with Crippen molar-refractivity contribution in [2.24, 2.45) is 0 Å². The molecule has 1 atom stereocenters. The van der Waals surface area contributed by atoms with Crippen LogP contribution >= 0.6 is 11.6 Å². The molecule has 0 saturated carbocycles. The number of rotatable bonds is 5. The molecular formula is C17H20ClN3O3. The van der Waals surface area contributed by atoms with Gasteiger partial charge >= 0.3 is 6.03 Å². The van der Waals surface area contributed by atoms with E-state index in [1.807, 2.05) is 18.2 Å². The van der Waals surface area contributed by atoms with Gasteiger partial charge in [0.25, 0.3) is 5.91 Å². The molecule has 0 spiro atoms. The van der Waals surface area contributed by atoms with Crippen molar-refractivity contribution in [2.75, 3.05) is 33.9 Å². The van der Waals surface area contributed by atoms with Crippen molar-refractivity contribution in [1.29, 1.82) is 0 Å². The SMILES string of the molecule is COCCCN1CC2=C(C1=O)[C@H](c1ccccc1Cl)NC(=O)N2C. The highest BCUT2D eigenvalue weighted by atomic mass is 35.5. The van der Waals surface area contributed by atoms with Crippen LogP contribution in [-0.2, 0) is 9.53 Å². The molecule has 0 aromatic heterocycles. The Balaban J connectivity index is 1.93. The molecule has 0 fully saturated rings. The number of methoxy groups -OCH3 is 1. The number of nitrogens with one attached hydrogen (secondary N) is 1. The van der Waals surface area contributed by atoms with Gasteiger partial charge in [0.2, 0.25) is 0 Å². The number of urea groups is 1. The molecule has 2 heterocycles. The number of hydrogen-bond donors (Lipinski definition) is 1. The summed E-state index contributed by atoms with van der Waals surface area (Å²) < 4.78 is 5.05. The molecule has 1 aromatic rings. The van der Waals surface area contributed by atoms with Crippen LogP contribution in [0.15, 0.2) is 35.5 Å². The lowest BCUT2D eigenvalue weighted by molar-refractivity contribution is -0.125. The summed E-state index contributed by atoms with van der Waals surface area (Å²) in [7, 11) is 3.32. The van der Waals surface area contributed by atoms with Crippen LogP contribution in [0.2, 0.25) is 5.02 Å². The third kappa shape index (κ3) is 2.87. The van der Waals surface area contributed by atoms with E-state index in [1.54, 1.807) is 25.1 Å². The van der Waals surface area contributed by atoms with Crippen LogP contribution in [0.3, 0.4) is 0 Å². The van der Waals surface area contributed by atoms with Crippen molar-refractivity contribution in [1.82, 2.24) is 15.1 Å². The average molecular weight is 350 g/mol. The summed E-state index contributed by atoms with van der Waals surface area (Å²) >= 11 is 6.29. The van der Waals surface area contributed by atoms with Crippen molar-refractivity contribution in [3.63, 3.8) is 0 Å². The van der Waals surface area contributed by atoms with E-state index in [1.165, 1.54) is 4.90 Å². The zero-order valence-electron chi connectivity index (χ0n) is 13.7. The molecule has 6 nitrogen and oxygen atoms in total. The van der Waals surface area contributed by atoms with Crippen LogP contribution in [0.5, 0.6) is 0 Å². The molecule has 2 aliphatic heterocycles. The summed E-state index contributed by atoms with van der Waals surface area (Å²) in [5.41, 5.74) is 2.08. The maximum Gasteiger partial charge on any atom is 0.322 e. The summed E-state index contributed by atoms with van der Waals surface area (Å²) in [4.78, 5) is 28.4. The van der Waals surface area contributed by atoms with Gasteiger partial charge in [-0.05, 0) is 18.1 Å². The first-order valence-corrected chi connectivity index (χ1v) is 8.22. The Morgan fingerprint density at radius 1 is 1.33 bits per heavy atom. The van der Waals surface area contributed by atoms with Crippen molar-refractivity contribution in [3.05, 3.63) is 46.1 Å². The number of likely N-dealkylation sites (N-methyl/N-ethyl adjacent to an activating group) is 1. The van der Waals surface area contributed by atoms with Crippen molar-refractivity contribution in [3.8, 4) is 0 Å². The van der Waals surface area contributed by atoms with Gasteiger partial charge in [0.1, 0.15) is 0 Å². The Hall–Kier alpha value is -2.05. The quantitative estimate of drug-likeness (QED) is 0.829. The molecule has 3 rings (SSSR count). The molecule has 128 valence electrons. The predicted molar refractivity (Wildman–Crippen MR) is 90.6 cm³/mol. The third-order valence-electron chi connectivity index (χ3n) is 4.43. The van der Waals surface area contributed by atoms with E-state index >= 15 is 0 Å². The lowest BCUT2D eigenvalue weighted by atomic mass is 9.96. The maximum absolute atomic E-state index is 12.9. The number of benzene rings is 1. The molecule has 2 aliphatic rings. The smallest absolute Gasteiger partial charge is 0.322 e. The van der Waals surface area contributed by atoms with E-state index in [-0.39, 0.29) is 11.9 Å². The summed E-state index contributed by atoms with van der Waals surface area (Å²) in [6.07, 6.45) is 0.755. The van der Waals surface area contributed by atoms with Gasteiger partial charge in [0, 0.05) is 32.3 Å². The van der Waals surface area contributed by atoms with E-state index in [0.717, 1.165) is 17.7 Å². The van der Waals surface area contributed by atoms with E-state index in [2.05, 4.69) is 5.32 Å². The first-order chi connectivity index (χ1) is 11.5. The summed E-state index contributed by atoms with van der Waals surface area (Å²) in [6.45, 7) is 1.62. The summed E-state index contributed by atoms with van der Waals surface area (Å²) in [5, 5.41) is 3.42. The van der Waals surface area contributed by atoms with Crippen molar-refractivity contribution >= 4 is 23.5 Å². The third-order valence-corrected chi connectivity index (χ3v) is 4.77. The normalized spacial score (nSPS) is 20.5. The van der Waals surface area contributed by atoms with Gasteiger partial charge in [-0.2, -0.15) is 0 Å². The second-order valence-corrected chi connectivity index (χ2v) is 6.30. The molecular weight excluding hydrogens is 330 g/mol. The lowest BCUT2D eigenvalue weighted by Gasteiger charge is -2.31. The number of carbonyl (C=O) groups is 2. The Morgan fingerprint density at radius 3 is 2.79 bits per heavy atom. The van der Waals surface area contributed by atoms with Gasteiger partial charge in [-0.3, -0.25) is 9.69 Å². The van der Waals surface area contributed by atoms with Crippen molar-refractivity contribution in [2.45, 2.75) is 12.5 Å². The summed E-state index contributed by atoms with van der Waals surface area (Å²) in [6, 6.07) is 6.52. The Kier molecular flexibility index (Phi) is 4.78. The Labute approximate surface area is 146 Å². The van der Waals surface area contributed by atoms with Crippen LogP contribution < -0.4 is 5.32 Å². The molecule has 7 heteroatoms. The van der Waals surface area contributed by atoms with Gasteiger partial charge in [-0.15, -0.1) is 0 Å². The predicted octanol–water partition coefficient (Wildman–Crippen LogP) is 2.17. The molecule has 1 aromatic carbocycles. The van der Waals surface area contributed by atoms with E-state index < -0.39 is 6.04 Å². The highest BCUT2D eigenvalue weighted by molar-refractivity contribution is 6.31. The second-order valence-electron chi connectivity index (χ2n) is 5.90. The largest absolute Gasteiger partial charge is 0.385 e. The van der Waals surface area contributed by atoms with Gasteiger partial charge in [-0.25, -0.2) is 4.79 Å². The zero-order valence-corrected chi connectivity index (χ0v) is 14.5. The molecule has 0 aliphatic carbocycles. The fraction of sp³-hybridized carbons (Fsp3) is 0.412. The van der Waals surface area contributed by atoms with E-state index in [0.29, 0.717) is 30.3 Å². The Bertz CT molecular complexity index is 704. The van der Waals surface area contributed by atoms with Gasteiger partial charge < -0.3 is 15.0 Å². The van der Waals surface area contributed by atoms with Crippen LogP contribution in [-0.4, -0.2) is 55.6 Å². The van der Waals surface area contributed by atoms with Gasteiger partial charge in [0.15, 0.2) is 0 Å². The monoisotopic (exact) mass is 349 g/mol. The minimum Gasteiger partial charge on any atom is -0.385 e. The number of halogens is 1. The second kappa shape index (κ2) is 6.83. The first kappa shape index (κ1) is 16.8. The number of ether oxygens (including phenoxy) is 1. The lowest BCUT2D eigenvalue weighted by Crippen LogP contribution is -2.45. The Morgan fingerprint density at radius 2 is 2.08 bits per heavy atom. The molecule has 0 bridgehead atoms. The van der Waals surface area contributed by atoms with E-state index in [4.69, 9.17) is 16.3 Å². The molecule has 0 saturated heterocycles. The van der Waals surface area contributed by atoms with Gasteiger partial charge in [0.05, 0.1) is 23.9 Å². The maximum atomic E-state index is 12.9. The molecule has 24 heavy (non-hydrogen) atoms. The fourth-order valence-electron chi connectivity index (χ4n) is 3.15. The molecule has 0 unspecified atom stereocenters. The van der Waals surface area contributed by atoms with Crippen LogP contribution in [0.25, 0.3) is 0 Å². The number of amides is 3. The minimum atomic E-state index is -0.516. The average Bonchev–Trinajstić information content (AvgIpc) is 2.89. The molecule has 0 radical (unpaired) electrons. The minimum absolute atomic E-state index is 0.0575. The van der Waals surface area contributed by atoms with Crippen LogP contribution in [0, 0.1) is 0 Å². The highest BCUT2D eigenvalue weighted by Crippen LogP contribution is 2.37. The molecule has 3 amide bonds. The first-order valence-electron chi connectivity index (χ1n) is 7.84. The number of carbonyl (C=O) groups excluding carboxylic acids is 2. The van der Waals surface area contributed by atoms with Crippen LogP contribution in [0.4, 0.5) is 4.79 Å². The van der Waals surface area contributed by atoms with E-state index in [9.17, 15) is 9.59 Å².